The van der Waals surface area contributed by atoms with E-state index in [9.17, 15) is 0 Å². The number of likely N-dealkylation sites (N-methyl/N-ethyl adjacent to an activating group) is 2. The molecule has 0 aliphatic carbocycles. The summed E-state index contributed by atoms with van der Waals surface area (Å²) >= 11 is 0. The third-order valence-electron chi connectivity index (χ3n) is 7.20. The standard InChI is InChI=1S/C28H46N2O2/c1-5-29(6-2,25-27-15-11-9-12-16-27)19-21-31-23-24-32-22-20-30(7-3,8-4)26-28-17-13-10-14-18-28/h9-18H,5-8,19-26H2,1-4H3/q+2. The van der Waals surface area contributed by atoms with Gasteiger partial charge in [-0.15, -0.1) is 0 Å². The van der Waals surface area contributed by atoms with Crippen molar-refractivity contribution in [2.24, 2.45) is 0 Å². The van der Waals surface area contributed by atoms with E-state index in [2.05, 4.69) is 88.4 Å². The first kappa shape index (κ1) is 26.5. The van der Waals surface area contributed by atoms with E-state index in [1.807, 2.05) is 0 Å². The second-order valence-corrected chi connectivity index (χ2v) is 8.91. The topological polar surface area (TPSA) is 18.5 Å². The van der Waals surface area contributed by atoms with E-state index in [-0.39, 0.29) is 0 Å². The summed E-state index contributed by atoms with van der Waals surface area (Å²) in [6.07, 6.45) is 0. The molecule has 0 aliphatic heterocycles. The number of hydrogen-bond acceptors (Lipinski definition) is 2. The molecule has 4 nitrogen and oxygen atoms in total. The van der Waals surface area contributed by atoms with Crippen molar-refractivity contribution >= 4 is 0 Å². The van der Waals surface area contributed by atoms with Crippen molar-refractivity contribution in [3.05, 3.63) is 71.8 Å². The van der Waals surface area contributed by atoms with Gasteiger partial charge in [0.2, 0.25) is 0 Å². The molecular weight excluding hydrogens is 396 g/mol. The van der Waals surface area contributed by atoms with Crippen LogP contribution < -0.4 is 0 Å². The van der Waals surface area contributed by atoms with Crippen LogP contribution in [0, 0.1) is 0 Å². The van der Waals surface area contributed by atoms with E-state index in [4.69, 9.17) is 9.47 Å². The summed E-state index contributed by atoms with van der Waals surface area (Å²) in [6, 6.07) is 21.6. The monoisotopic (exact) mass is 442 g/mol. The summed E-state index contributed by atoms with van der Waals surface area (Å²) in [5.41, 5.74) is 2.81. The first-order valence-electron chi connectivity index (χ1n) is 12.5. The van der Waals surface area contributed by atoms with Crippen LogP contribution in [-0.4, -0.2) is 74.7 Å². The minimum Gasteiger partial charge on any atom is -0.373 e. The predicted octanol–water partition coefficient (Wildman–Crippen LogP) is 5.13. The van der Waals surface area contributed by atoms with Crippen molar-refractivity contribution in [3.63, 3.8) is 0 Å². The Bertz CT molecular complexity index is 649. The van der Waals surface area contributed by atoms with Crippen LogP contribution in [0.5, 0.6) is 0 Å². The molecule has 0 aromatic heterocycles. The fourth-order valence-electron chi connectivity index (χ4n) is 4.46. The molecule has 32 heavy (non-hydrogen) atoms. The molecule has 0 amide bonds. The minimum atomic E-state index is 0.676. The van der Waals surface area contributed by atoms with Crippen molar-refractivity contribution in [1.82, 2.24) is 0 Å². The molecule has 4 heteroatoms. The predicted molar refractivity (Wildman–Crippen MR) is 134 cm³/mol. The van der Waals surface area contributed by atoms with Crippen LogP contribution in [0.1, 0.15) is 38.8 Å². The summed E-state index contributed by atoms with van der Waals surface area (Å²) in [5.74, 6) is 0. The Balaban J connectivity index is 1.67. The third-order valence-corrected chi connectivity index (χ3v) is 7.20. The van der Waals surface area contributed by atoms with Gasteiger partial charge in [0.15, 0.2) is 0 Å². The molecule has 0 bridgehead atoms. The summed E-state index contributed by atoms with van der Waals surface area (Å²) in [5, 5.41) is 0. The Morgan fingerprint density at radius 1 is 0.500 bits per heavy atom. The van der Waals surface area contributed by atoms with E-state index in [0.717, 1.165) is 74.5 Å². The lowest BCUT2D eigenvalue weighted by atomic mass is 10.2. The number of hydrogen-bond donors (Lipinski definition) is 0. The van der Waals surface area contributed by atoms with E-state index in [0.29, 0.717) is 13.2 Å². The highest BCUT2D eigenvalue weighted by Crippen LogP contribution is 2.15. The maximum Gasteiger partial charge on any atom is 0.104 e. The molecule has 0 atom stereocenters. The second-order valence-electron chi connectivity index (χ2n) is 8.91. The van der Waals surface area contributed by atoms with Gasteiger partial charge < -0.3 is 18.4 Å². The normalized spacial score (nSPS) is 12.2. The fourth-order valence-corrected chi connectivity index (χ4v) is 4.46. The molecular formula is C28H46N2O2+2. The Hall–Kier alpha value is -1.72. The summed E-state index contributed by atoms with van der Waals surface area (Å²) in [4.78, 5) is 0. The van der Waals surface area contributed by atoms with Gasteiger partial charge in [0, 0.05) is 11.1 Å². The molecule has 0 fully saturated rings. The van der Waals surface area contributed by atoms with Gasteiger partial charge in [0.05, 0.1) is 52.6 Å². The van der Waals surface area contributed by atoms with Crippen LogP contribution in [0.3, 0.4) is 0 Å². The quantitative estimate of drug-likeness (QED) is 0.250. The SMILES string of the molecule is CC[N+](CC)(CCOCCOCC[N+](CC)(CC)Cc1ccccc1)Cc1ccccc1. The average Bonchev–Trinajstić information content (AvgIpc) is 2.85. The lowest BCUT2D eigenvalue weighted by molar-refractivity contribution is -0.938. The summed E-state index contributed by atoms with van der Waals surface area (Å²) in [7, 11) is 0. The highest BCUT2D eigenvalue weighted by atomic mass is 16.5. The Kier molecular flexibility index (Phi) is 12.0. The van der Waals surface area contributed by atoms with Crippen LogP contribution in [0.4, 0.5) is 0 Å². The number of quaternary nitrogens is 2. The lowest BCUT2D eigenvalue weighted by Gasteiger charge is -2.37. The van der Waals surface area contributed by atoms with Crippen LogP contribution in [0.2, 0.25) is 0 Å². The van der Waals surface area contributed by atoms with Gasteiger partial charge in [-0.05, 0) is 27.7 Å². The maximum absolute atomic E-state index is 5.97. The van der Waals surface area contributed by atoms with E-state index < -0.39 is 0 Å². The Morgan fingerprint density at radius 3 is 1.16 bits per heavy atom. The molecule has 2 rings (SSSR count). The average molecular weight is 443 g/mol. The van der Waals surface area contributed by atoms with Gasteiger partial charge in [0.25, 0.3) is 0 Å². The largest absolute Gasteiger partial charge is 0.373 e. The smallest absolute Gasteiger partial charge is 0.104 e. The number of rotatable bonds is 17. The fraction of sp³-hybridized carbons (Fsp3) is 0.571. The lowest BCUT2D eigenvalue weighted by Crippen LogP contribution is -2.49. The van der Waals surface area contributed by atoms with Gasteiger partial charge >= 0.3 is 0 Å². The number of ether oxygens (including phenoxy) is 2. The van der Waals surface area contributed by atoms with Gasteiger partial charge in [-0.3, -0.25) is 0 Å². The summed E-state index contributed by atoms with van der Waals surface area (Å²) in [6.45, 7) is 20.8. The van der Waals surface area contributed by atoms with Crippen LogP contribution in [0.15, 0.2) is 60.7 Å². The summed E-state index contributed by atoms with van der Waals surface area (Å²) < 4.78 is 14.1. The van der Waals surface area contributed by atoms with Crippen LogP contribution in [0.25, 0.3) is 0 Å². The maximum atomic E-state index is 5.97. The zero-order valence-electron chi connectivity index (χ0n) is 21.0. The van der Waals surface area contributed by atoms with Crippen molar-refractivity contribution in [2.45, 2.75) is 40.8 Å². The molecule has 0 heterocycles. The molecule has 0 N–H and O–H groups in total. The van der Waals surface area contributed by atoms with Gasteiger partial charge in [-0.1, -0.05) is 60.7 Å². The third kappa shape index (κ3) is 8.67. The molecule has 0 spiro atoms. The van der Waals surface area contributed by atoms with E-state index in [1.54, 1.807) is 0 Å². The minimum absolute atomic E-state index is 0.676. The first-order chi connectivity index (χ1) is 15.6. The van der Waals surface area contributed by atoms with Crippen molar-refractivity contribution < 1.29 is 18.4 Å². The molecule has 0 unspecified atom stereocenters. The number of nitrogens with zero attached hydrogens (tertiary/aromatic N) is 2. The molecule has 178 valence electrons. The highest BCUT2D eigenvalue weighted by molar-refractivity contribution is 5.14. The van der Waals surface area contributed by atoms with Gasteiger partial charge in [-0.2, -0.15) is 0 Å². The zero-order valence-corrected chi connectivity index (χ0v) is 21.0. The van der Waals surface area contributed by atoms with Crippen LogP contribution >= 0.6 is 0 Å². The Labute approximate surface area is 196 Å². The molecule has 0 radical (unpaired) electrons. The highest BCUT2D eigenvalue weighted by Gasteiger charge is 2.24. The van der Waals surface area contributed by atoms with E-state index >= 15 is 0 Å². The van der Waals surface area contributed by atoms with Crippen molar-refractivity contribution in [2.75, 3.05) is 65.7 Å². The van der Waals surface area contributed by atoms with Gasteiger partial charge in [-0.25, -0.2) is 0 Å². The van der Waals surface area contributed by atoms with Crippen LogP contribution in [-0.2, 0) is 22.6 Å². The molecule has 0 saturated carbocycles. The molecule has 0 aliphatic rings. The van der Waals surface area contributed by atoms with E-state index in [1.165, 1.54) is 11.1 Å². The van der Waals surface area contributed by atoms with Crippen molar-refractivity contribution in [3.8, 4) is 0 Å². The molecule has 2 aromatic rings. The number of benzene rings is 2. The van der Waals surface area contributed by atoms with Crippen molar-refractivity contribution in [1.29, 1.82) is 0 Å². The second kappa shape index (κ2) is 14.4. The zero-order chi connectivity index (χ0) is 23.1. The van der Waals surface area contributed by atoms with Gasteiger partial charge in [0.1, 0.15) is 26.2 Å². The molecule has 0 saturated heterocycles. The molecule has 2 aromatic carbocycles. The first-order valence-corrected chi connectivity index (χ1v) is 12.5. The Morgan fingerprint density at radius 2 is 0.844 bits per heavy atom.